The van der Waals surface area contributed by atoms with E-state index in [0.717, 1.165) is 21.3 Å². The van der Waals surface area contributed by atoms with Crippen LogP contribution < -0.4 is 10.6 Å². The van der Waals surface area contributed by atoms with E-state index < -0.39 is 50.2 Å². The standard InChI is InChI=1S/C14H12F4N4O4S/c15-9-11(10(16)13(18)20-12(9)17)21-3-5-22(6-4-21)27(24,25)8-2-1-7(26-8)14(19)23/h1-2H,3-6H2,(H2,19,23). The van der Waals surface area contributed by atoms with Crippen molar-refractivity contribution in [2.24, 2.45) is 5.73 Å². The summed E-state index contributed by atoms with van der Waals surface area (Å²) in [7, 11) is -4.13. The number of nitrogens with zero attached hydrogens (tertiary/aromatic N) is 3. The maximum absolute atomic E-state index is 13.8. The lowest BCUT2D eigenvalue weighted by molar-refractivity contribution is 0.0968. The summed E-state index contributed by atoms with van der Waals surface area (Å²) in [6.45, 7) is -1.00. The lowest BCUT2D eigenvalue weighted by Gasteiger charge is -2.35. The molecule has 2 aromatic heterocycles. The lowest BCUT2D eigenvalue weighted by Crippen LogP contribution is -2.49. The molecule has 8 nitrogen and oxygen atoms in total. The zero-order chi connectivity index (χ0) is 19.9. The molecule has 1 fully saturated rings. The van der Waals surface area contributed by atoms with Crippen molar-refractivity contribution in [3.8, 4) is 0 Å². The van der Waals surface area contributed by atoms with E-state index in [9.17, 15) is 30.8 Å². The minimum absolute atomic E-state index is 0.251. The Morgan fingerprint density at radius 2 is 1.59 bits per heavy atom. The highest BCUT2D eigenvalue weighted by atomic mass is 32.2. The second kappa shape index (κ2) is 6.81. The third kappa shape index (κ3) is 3.35. The van der Waals surface area contributed by atoms with Gasteiger partial charge in [0, 0.05) is 26.2 Å². The summed E-state index contributed by atoms with van der Waals surface area (Å²) in [6, 6.07) is 2.15. The minimum atomic E-state index is -4.13. The Labute approximate surface area is 150 Å². The van der Waals surface area contributed by atoms with Crippen LogP contribution in [0, 0.1) is 23.5 Å². The van der Waals surface area contributed by atoms with E-state index in [1.807, 2.05) is 0 Å². The predicted octanol–water partition coefficient (Wildman–Crippen LogP) is 0.841. The molecule has 1 aliphatic rings. The Balaban J connectivity index is 1.80. The van der Waals surface area contributed by atoms with Crippen LogP contribution in [-0.4, -0.2) is 49.8 Å². The number of primary amides is 1. The van der Waals surface area contributed by atoms with Crippen molar-refractivity contribution in [1.29, 1.82) is 0 Å². The Hall–Kier alpha value is -2.67. The molecule has 2 N–H and O–H groups in total. The van der Waals surface area contributed by atoms with Gasteiger partial charge in [-0.2, -0.15) is 26.9 Å². The van der Waals surface area contributed by atoms with Crippen molar-refractivity contribution in [1.82, 2.24) is 9.29 Å². The highest BCUT2D eigenvalue weighted by Gasteiger charge is 2.34. The van der Waals surface area contributed by atoms with Crippen LogP contribution in [-0.2, 0) is 10.0 Å². The monoisotopic (exact) mass is 408 g/mol. The number of furan rings is 1. The van der Waals surface area contributed by atoms with Crippen LogP contribution in [0.1, 0.15) is 10.6 Å². The molecule has 0 saturated carbocycles. The Morgan fingerprint density at radius 1 is 1.04 bits per heavy atom. The van der Waals surface area contributed by atoms with E-state index in [1.165, 1.54) is 0 Å². The molecule has 27 heavy (non-hydrogen) atoms. The summed E-state index contributed by atoms with van der Waals surface area (Å²) < 4.78 is 85.0. The van der Waals surface area contributed by atoms with Crippen molar-refractivity contribution in [2.45, 2.75) is 5.09 Å². The fourth-order valence-corrected chi connectivity index (χ4v) is 3.96. The van der Waals surface area contributed by atoms with Gasteiger partial charge in [0.05, 0.1) is 0 Å². The first-order chi connectivity index (χ1) is 12.6. The molecule has 0 bridgehead atoms. The van der Waals surface area contributed by atoms with Crippen LogP contribution in [0.25, 0.3) is 0 Å². The Kier molecular flexibility index (Phi) is 4.82. The third-order valence-electron chi connectivity index (χ3n) is 3.95. The maximum Gasteiger partial charge on any atom is 0.284 e. The summed E-state index contributed by atoms with van der Waals surface area (Å²) in [5, 5.41) is -0.525. The first-order valence-corrected chi connectivity index (χ1v) is 8.91. The second-order valence-electron chi connectivity index (χ2n) is 5.54. The predicted molar refractivity (Wildman–Crippen MR) is 82.3 cm³/mol. The van der Waals surface area contributed by atoms with Gasteiger partial charge in [-0.3, -0.25) is 4.79 Å². The van der Waals surface area contributed by atoms with E-state index in [4.69, 9.17) is 10.2 Å². The Morgan fingerprint density at radius 3 is 2.07 bits per heavy atom. The summed E-state index contributed by atoms with van der Waals surface area (Å²) in [4.78, 5) is 14.5. The molecule has 0 aliphatic carbocycles. The van der Waals surface area contributed by atoms with Crippen molar-refractivity contribution < 1.29 is 35.2 Å². The molecule has 1 amide bonds. The number of pyridine rings is 1. The van der Waals surface area contributed by atoms with Crippen LogP contribution in [0.5, 0.6) is 0 Å². The first-order valence-electron chi connectivity index (χ1n) is 7.47. The van der Waals surface area contributed by atoms with Gasteiger partial charge in [0.25, 0.3) is 27.8 Å². The molecule has 1 aliphatic heterocycles. The van der Waals surface area contributed by atoms with Gasteiger partial charge in [0.1, 0.15) is 5.69 Å². The van der Waals surface area contributed by atoms with E-state index in [2.05, 4.69) is 4.98 Å². The third-order valence-corrected chi connectivity index (χ3v) is 5.72. The minimum Gasteiger partial charge on any atom is -0.438 e. The molecule has 3 heterocycles. The topological polar surface area (TPSA) is 110 Å². The number of amides is 1. The number of piperazine rings is 1. The van der Waals surface area contributed by atoms with E-state index in [0.29, 0.717) is 0 Å². The van der Waals surface area contributed by atoms with Gasteiger partial charge in [0.2, 0.25) is 16.7 Å². The number of aromatic nitrogens is 1. The number of hydrogen-bond donors (Lipinski definition) is 1. The van der Waals surface area contributed by atoms with Gasteiger partial charge < -0.3 is 15.1 Å². The molecule has 2 aromatic rings. The average molecular weight is 408 g/mol. The zero-order valence-corrected chi connectivity index (χ0v) is 14.3. The van der Waals surface area contributed by atoms with Gasteiger partial charge in [-0.25, -0.2) is 8.42 Å². The van der Waals surface area contributed by atoms with Gasteiger partial charge in [0.15, 0.2) is 5.76 Å². The van der Waals surface area contributed by atoms with Crippen LogP contribution in [0.3, 0.4) is 0 Å². The van der Waals surface area contributed by atoms with Crippen molar-refractivity contribution in [2.75, 3.05) is 31.1 Å². The molecule has 0 unspecified atom stereocenters. The molecule has 0 atom stereocenters. The number of hydrogen-bond acceptors (Lipinski definition) is 6. The maximum atomic E-state index is 13.8. The number of carbonyl (C=O) groups is 1. The quantitative estimate of drug-likeness (QED) is 0.593. The molecule has 0 radical (unpaired) electrons. The van der Waals surface area contributed by atoms with Gasteiger partial charge in [-0.1, -0.05) is 0 Å². The molecule has 0 aromatic carbocycles. The molecule has 146 valence electrons. The number of rotatable bonds is 4. The number of anilines is 1. The van der Waals surface area contributed by atoms with Crippen LogP contribution >= 0.6 is 0 Å². The van der Waals surface area contributed by atoms with Crippen LogP contribution in [0.4, 0.5) is 23.2 Å². The number of nitrogens with two attached hydrogens (primary N) is 1. The van der Waals surface area contributed by atoms with Gasteiger partial charge in [-0.15, -0.1) is 0 Å². The highest BCUT2D eigenvalue weighted by Crippen LogP contribution is 2.28. The van der Waals surface area contributed by atoms with Crippen molar-refractivity contribution in [3.05, 3.63) is 41.4 Å². The number of halogens is 4. The van der Waals surface area contributed by atoms with E-state index in [1.54, 1.807) is 0 Å². The molecular formula is C14H12F4N4O4S. The SMILES string of the molecule is NC(=O)c1ccc(S(=O)(=O)N2CCN(c3c(F)c(F)nc(F)c3F)CC2)o1. The van der Waals surface area contributed by atoms with Crippen molar-refractivity contribution >= 4 is 21.6 Å². The summed E-state index contributed by atoms with van der Waals surface area (Å²) in [5.74, 6) is -8.22. The Bertz CT molecular complexity index is 977. The van der Waals surface area contributed by atoms with Gasteiger partial charge in [-0.05, 0) is 12.1 Å². The highest BCUT2D eigenvalue weighted by molar-refractivity contribution is 7.89. The normalized spacial score (nSPS) is 15.9. The fraction of sp³-hybridized carbons (Fsp3) is 0.286. The number of sulfonamides is 1. The summed E-state index contributed by atoms with van der Waals surface area (Å²) >= 11 is 0. The molecule has 0 spiro atoms. The molecule has 1 saturated heterocycles. The zero-order valence-electron chi connectivity index (χ0n) is 13.5. The lowest BCUT2D eigenvalue weighted by atomic mass is 10.2. The average Bonchev–Trinajstić information content (AvgIpc) is 3.12. The van der Waals surface area contributed by atoms with Crippen LogP contribution in [0.2, 0.25) is 0 Å². The van der Waals surface area contributed by atoms with Crippen molar-refractivity contribution in [3.63, 3.8) is 0 Å². The summed E-state index contributed by atoms with van der Waals surface area (Å²) in [6.07, 6.45) is 0. The number of carbonyl (C=O) groups excluding carboxylic acids is 1. The fourth-order valence-electron chi connectivity index (χ4n) is 2.62. The largest absolute Gasteiger partial charge is 0.438 e. The summed E-state index contributed by atoms with van der Waals surface area (Å²) in [5.41, 5.74) is 4.05. The molecule has 3 rings (SSSR count). The molecule has 13 heteroatoms. The van der Waals surface area contributed by atoms with Crippen LogP contribution in [0.15, 0.2) is 21.6 Å². The van der Waals surface area contributed by atoms with E-state index >= 15 is 0 Å². The molecular weight excluding hydrogens is 396 g/mol. The second-order valence-corrected chi connectivity index (χ2v) is 7.41. The smallest absolute Gasteiger partial charge is 0.284 e. The van der Waals surface area contributed by atoms with Gasteiger partial charge >= 0.3 is 0 Å². The first kappa shape index (κ1) is 19.1. The van der Waals surface area contributed by atoms with E-state index in [-0.39, 0.29) is 31.9 Å².